The van der Waals surface area contributed by atoms with Crippen LogP contribution >= 0.6 is 31.9 Å². The summed E-state index contributed by atoms with van der Waals surface area (Å²) in [6, 6.07) is 7.68. The zero-order valence-electron chi connectivity index (χ0n) is 11.2. The molecule has 4 nitrogen and oxygen atoms in total. The number of hydrogen-bond donors (Lipinski definition) is 1. The van der Waals surface area contributed by atoms with Gasteiger partial charge in [0, 0.05) is 17.1 Å². The Balaban J connectivity index is 1.87. The van der Waals surface area contributed by atoms with Crippen LogP contribution in [0.1, 0.15) is 24.8 Å². The fraction of sp³-hybridized carbons (Fsp3) is 0.357. The average Bonchev–Trinajstić information content (AvgIpc) is 2.86. The van der Waals surface area contributed by atoms with E-state index in [1.54, 1.807) is 0 Å². The van der Waals surface area contributed by atoms with E-state index in [0.29, 0.717) is 12.4 Å². The number of benzene rings is 1. The molecule has 0 aliphatic carbocycles. The molecule has 0 aliphatic heterocycles. The van der Waals surface area contributed by atoms with E-state index in [-0.39, 0.29) is 0 Å². The quantitative estimate of drug-likeness (QED) is 0.701. The maximum absolute atomic E-state index is 5.69. The van der Waals surface area contributed by atoms with E-state index in [1.807, 2.05) is 24.3 Å². The minimum absolute atomic E-state index is 0.362. The number of ether oxygens (including phenoxy) is 1. The summed E-state index contributed by atoms with van der Waals surface area (Å²) in [7, 11) is 0. The molecule has 1 aromatic heterocycles. The third-order valence-electron chi connectivity index (χ3n) is 2.60. The number of aromatic nitrogens is 1. The molecule has 0 unspecified atom stereocenters. The number of halogens is 2. The van der Waals surface area contributed by atoms with Crippen molar-refractivity contribution in [1.82, 2.24) is 10.5 Å². The highest BCUT2D eigenvalue weighted by atomic mass is 79.9. The Morgan fingerprint density at radius 2 is 2.15 bits per heavy atom. The second-order valence-electron chi connectivity index (χ2n) is 4.32. The Morgan fingerprint density at radius 1 is 1.30 bits per heavy atom. The minimum atomic E-state index is 0.362. The van der Waals surface area contributed by atoms with Crippen molar-refractivity contribution in [3.8, 4) is 5.75 Å². The average molecular weight is 404 g/mol. The minimum Gasteiger partial charge on any atom is -0.484 e. The van der Waals surface area contributed by atoms with Crippen molar-refractivity contribution in [3.05, 3.63) is 44.7 Å². The predicted octanol–water partition coefficient (Wildman–Crippen LogP) is 4.28. The lowest BCUT2D eigenvalue weighted by Gasteiger charge is -2.06. The van der Waals surface area contributed by atoms with Crippen molar-refractivity contribution in [2.24, 2.45) is 0 Å². The lowest BCUT2D eigenvalue weighted by molar-refractivity contribution is 0.247. The lowest BCUT2D eigenvalue weighted by Crippen LogP contribution is -2.13. The van der Waals surface area contributed by atoms with Crippen LogP contribution in [-0.2, 0) is 13.2 Å². The van der Waals surface area contributed by atoms with E-state index in [9.17, 15) is 0 Å². The number of nitrogens with zero attached hydrogens (tertiary/aromatic N) is 1. The van der Waals surface area contributed by atoms with Crippen LogP contribution in [0.3, 0.4) is 0 Å². The first kappa shape index (κ1) is 15.5. The van der Waals surface area contributed by atoms with Crippen molar-refractivity contribution in [3.63, 3.8) is 0 Å². The first-order valence-electron chi connectivity index (χ1n) is 6.42. The highest BCUT2D eigenvalue weighted by Gasteiger charge is 2.07. The molecule has 2 rings (SSSR count). The van der Waals surface area contributed by atoms with Crippen molar-refractivity contribution >= 4 is 31.9 Å². The maximum Gasteiger partial charge on any atom is 0.174 e. The normalized spacial score (nSPS) is 10.8. The number of nitrogens with one attached hydrogen (secondary N) is 1. The van der Waals surface area contributed by atoms with Gasteiger partial charge in [0.1, 0.15) is 12.4 Å². The molecular weight excluding hydrogens is 388 g/mol. The number of hydrogen-bond acceptors (Lipinski definition) is 4. The van der Waals surface area contributed by atoms with Gasteiger partial charge in [0.15, 0.2) is 5.76 Å². The van der Waals surface area contributed by atoms with E-state index in [0.717, 1.165) is 39.9 Å². The van der Waals surface area contributed by atoms with Gasteiger partial charge in [-0.2, -0.15) is 0 Å². The van der Waals surface area contributed by atoms with Gasteiger partial charge in [-0.25, -0.2) is 0 Å². The fourth-order valence-electron chi connectivity index (χ4n) is 1.64. The van der Waals surface area contributed by atoms with Crippen LogP contribution in [0.15, 0.2) is 37.7 Å². The monoisotopic (exact) mass is 402 g/mol. The summed E-state index contributed by atoms with van der Waals surface area (Å²) in [6.45, 7) is 4.19. The SMILES string of the molecule is CCCNCc1cc(COc2ccc(Br)cc2Br)on1. The van der Waals surface area contributed by atoms with Gasteiger partial charge in [0.2, 0.25) is 0 Å². The highest BCUT2D eigenvalue weighted by Crippen LogP contribution is 2.28. The van der Waals surface area contributed by atoms with Crippen molar-refractivity contribution in [2.45, 2.75) is 26.5 Å². The largest absolute Gasteiger partial charge is 0.484 e. The lowest BCUT2D eigenvalue weighted by atomic mass is 10.3. The van der Waals surface area contributed by atoms with Crippen molar-refractivity contribution in [1.29, 1.82) is 0 Å². The van der Waals surface area contributed by atoms with E-state index < -0.39 is 0 Å². The fourth-order valence-corrected chi connectivity index (χ4v) is 2.80. The third kappa shape index (κ3) is 4.61. The predicted molar refractivity (Wildman–Crippen MR) is 84.7 cm³/mol. The van der Waals surface area contributed by atoms with Crippen LogP contribution < -0.4 is 10.1 Å². The van der Waals surface area contributed by atoms with Gasteiger partial charge in [-0.3, -0.25) is 0 Å². The van der Waals surface area contributed by atoms with Gasteiger partial charge >= 0.3 is 0 Å². The van der Waals surface area contributed by atoms with E-state index in [2.05, 4.69) is 49.3 Å². The first-order valence-corrected chi connectivity index (χ1v) is 8.00. The van der Waals surface area contributed by atoms with Crippen molar-refractivity contribution < 1.29 is 9.26 Å². The Morgan fingerprint density at radius 3 is 2.90 bits per heavy atom. The molecule has 1 heterocycles. The van der Waals surface area contributed by atoms with Crippen LogP contribution in [0.5, 0.6) is 5.75 Å². The van der Waals surface area contributed by atoms with Crippen molar-refractivity contribution in [2.75, 3.05) is 6.54 Å². The molecule has 0 fully saturated rings. The Hall–Kier alpha value is -0.850. The summed E-state index contributed by atoms with van der Waals surface area (Å²) in [6.07, 6.45) is 1.10. The topological polar surface area (TPSA) is 47.3 Å². The van der Waals surface area contributed by atoms with E-state index in [1.165, 1.54) is 0 Å². The summed E-state index contributed by atoms with van der Waals surface area (Å²) >= 11 is 6.86. The molecular formula is C14H16Br2N2O2. The van der Waals surface area contributed by atoms with Gasteiger partial charge in [-0.05, 0) is 47.1 Å². The van der Waals surface area contributed by atoms with E-state index >= 15 is 0 Å². The van der Waals surface area contributed by atoms with Gasteiger partial charge in [-0.15, -0.1) is 0 Å². The molecule has 0 aliphatic rings. The molecule has 108 valence electrons. The molecule has 1 N–H and O–H groups in total. The highest BCUT2D eigenvalue weighted by molar-refractivity contribution is 9.11. The number of rotatable bonds is 7. The second-order valence-corrected chi connectivity index (χ2v) is 6.09. The van der Waals surface area contributed by atoms with Gasteiger partial charge in [0.25, 0.3) is 0 Å². The first-order chi connectivity index (χ1) is 9.69. The zero-order valence-corrected chi connectivity index (χ0v) is 14.3. The van der Waals surface area contributed by atoms with Gasteiger partial charge in [0.05, 0.1) is 10.2 Å². The summed E-state index contributed by atoms with van der Waals surface area (Å²) in [5, 5.41) is 7.28. The van der Waals surface area contributed by atoms with Crippen LogP contribution in [0.25, 0.3) is 0 Å². The molecule has 0 bridgehead atoms. The molecule has 0 spiro atoms. The summed E-state index contributed by atoms with van der Waals surface area (Å²) in [5.41, 5.74) is 0.895. The van der Waals surface area contributed by atoms with Crippen LogP contribution in [0.4, 0.5) is 0 Å². The van der Waals surface area contributed by atoms with Gasteiger partial charge in [-0.1, -0.05) is 28.0 Å². The van der Waals surface area contributed by atoms with E-state index in [4.69, 9.17) is 9.26 Å². The molecule has 6 heteroatoms. The maximum atomic E-state index is 5.69. The Labute approximate surface area is 135 Å². The molecule has 0 amide bonds. The zero-order chi connectivity index (χ0) is 14.4. The van der Waals surface area contributed by atoms with Crippen LogP contribution in [-0.4, -0.2) is 11.7 Å². The molecule has 0 saturated carbocycles. The Bertz CT molecular complexity index is 558. The molecule has 20 heavy (non-hydrogen) atoms. The smallest absolute Gasteiger partial charge is 0.174 e. The third-order valence-corrected chi connectivity index (χ3v) is 3.72. The summed E-state index contributed by atoms with van der Waals surface area (Å²) in [4.78, 5) is 0. The summed E-state index contributed by atoms with van der Waals surface area (Å²) < 4.78 is 12.8. The Kier molecular flexibility index (Phi) is 6.06. The second kappa shape index (κ2) is 7.81. The van der Waals surface area contributed by atoms with Crippen LogP contribution in [0, 0.1) is 0 Å². The molecule has 0 radical (unpaired) electrons. The van der Waals surface area contributed by atoms with Crippen LogP contribution in [0.2, 0.25) is 0 Å². The molecule has 0 atom stereocenters. The molecule has 2 aromatic rings. The standard InChI is InChI=1S/C14H16Br2N2O2/c1-2-5-17-8-11-7-12(20-18-11)9-19-14-4-3-10(15)6-13(14)16/h3-4,6-7,17H,2,5,8-9H2,1H3. The van der Waals surface area contributed by atoms with Gasteiger partial charge < -0.3 is 14.6 Å². The molecule has 1 aromatic carbocycles. The molecule has 0 saturated heterocycles. The summed E-state index contributed by atoms with van der Waals surface area (Å²) in [5.74, 6) is 1.49.